The molecular formula is C17H33NO2. The fourth-order valence-electron chi connectivity index (χ4n) is 2.78. The largest absolute Gasteiger partial charge is 0.374 e. The molecule has 0 aromatic heterocycles. The van der Waals surface area contributed by atoms with Crippen LogP contribution in [0.25, 0.3) is 0 Å². The lowest BCUT2D eigenvalue weighted by Crippen LogP contribution is -2.51. The molecule has 1 fully saturated rings. The minimum absolute atomic E-state index is 0.189. The number of hydrogen-bond acceptors (Lipinski definition) is 3. The summed E-state index contributed by atoms with van der Waals surface area (Å²) in [6, 6.07) is 0.605. The molecule has 0 spiro atoms. The zero-order valence-electron chi connectivity index (χ0n) is 14.3. The topological polar surface area (TPSA) is 29.5 Å². The molecule has 118 valence electrons. The molecule has 3 nitrogen and oxygen atoms in total. The Kier molecular flexibility index (Phi) is 6.21. The number of rotatable bonds is 5. The number of carbonyl (C=O) groups excluding carboxylic acids is 1. The van der Waals surface area contributed by atoms with Gasteiger partial charge < -0.3 is 4.74 Å². The fraction of sp³-hybridized carbons (Fsp3) is 0.941. The number of nitrogens with zero attached hydrogens (tertiary/aromatic N) is 1. The summed E-state index contributed by atoms with van der Waals surface area (Å²) in [6.45, 7) is 14.8. The van der Waals surface area contributed by atoms with Crippen molar-refractivity contribution >= 4 is 5.78 Å². The van der Waals surface area contributed by atoms with Gasteiger partial charge in [0, 0.05) is 23.6 Å². The molecule has 1 heterocycles. The number of likely N-dealkylation sites (tertiary alicyclic amines) is 1. The van der Waals surface area contributed by atoms with Gasteiger partial charge in [0.1, 0.15) is 6.61 Å². The van der Waals surface area contributed by atoms with E-state index in [-0.39, 0.29) is 23.3 Å². The number of hydrogen-bond donors (Lipinski definition) is 0. The Morgan fingerprint density at radius 3 is 2.35 bits per heavy atom. The van der Waals surface area contributed by atoms with E-state index in [1.165, 1.54) is 25.8 Å². The molecule has 1 aliphatic rings. The first-order valence-electron chi connectivity index (χ1n) is 8.00. The van der Waals surface area contributed by atoms with Crippen LogP contribution in [0.1, 0.15) is 67.2 Å². The zero-order chi connectivity index (χ0) is 15.4. The number of ketones is 1. The smallest absolute Gasteiger partial charge is 0.163 e. The Morgan fingerprint density at radius 2 is 1.80 bits per heavy atom. The minimum atomic E-state index is -0.289. The van der Waals surface area contributed by atoms with Crippen LogP contribution in [-0.2, 0) is 9.53 Å². The molecule has 1 rings (SSSR count). The van der Waals surface area contributed by atoms with Crippen LogP contribution in [0.5, 0.6) is 0 Å². The highest BCUT2D eigenvalue weighted by atomic mass is 16.5. The van der Waals surface area contributed by atoms with Gasteiger partial charge >= 0.3 is 0 Å². The Morgan fingerprint density at radius 1 is 1.15 bits per heavy atom. The van der Waals surface area contributed by atoms with Crippen molar-refractivity contribution in [2.24, 2.45) is 5.41 Å². The maximum atomic E-state index is 11.8. The first-order chi connectivity index (χ1) is 9.12. The van der Waals surface area contributed by atoms with Crippen LogP contribution in [0.15, 0.2) is 0 Å². The van der Waals surface area contributed by atoms with Crippen LogP contribution < -0.4 is 0 Å². The van der Waals surface area contributed by atoms with E-state index in [1.807, 2.05) is 20.8 Å². The molecule has 20 heavy (non-hydrogen) atoms. The van der Waals surface area contributed by atoms with Gasteiger partial charge in [-0.25, -0.2) is 0 Å². The number of carbonyl (C=O) groups is 1. The molecule has 0 saturated carbocycles. The van der Waals surface area contributed by atoms with Gasteiger partial charge in [0.15, 0.2) is 5.78 Å². The Labute approximate surface area is 125 Å². The van der Waals surface area contributed by atoms with Gasteiger partial charge in [0.25, 0.3) is 0 Å². The molecule has 0 aromatic carbocycles. The lowest BCUT2D eigenvalue weighted by Gasteiger charge is -2.44. The van der Waals surface area contributed by atoms with E-state index >= 15 is 0 Å². The molecule has 1 unspecified atom stereocenters. The number of Topliss-reactive ketones (excluding diaryl/α,β-unsaturated/α-hetero) is 1. The summed E-state index contributed by atoms with van der Waals surface area (Å²) in [6.07, 6.45) is 4.91. The number of piperidine rings is 1. The summed E-state index contributed by atoms with van der Waals surface area (Å²) >= 11 is 0. The molecule has 0 radical (unpaired) electrons. The minimum Gasteiger partial charge on any atom is -0.374 e. The van der Waals surface area contributed by atoms with Crippen LogP contribution in [0, 0.1) is 5.41 Å². The van der Waals surface area contributed by atoms with E-state index in [1.54, 1.807) is 0 Å². The van der Waals surface area contributed by atoms with Crippen molar-refractivity contribution < 1.29 is 9.53 Å². The highest BCUT2D eigenvalue weighted by Gasteiger charge is 2.30. The predicted octanol–water partition coefficient (Wildman–Crippen LogP) is 3.66. The van der Waals surface area contributed by atoms with Crippen molar-refractivity contribution in [2.45, 2.75) is 78.8 Å². The van der Waals surface area contributed by atoms with Gasteiger partial charge in [-0.05, 0) is 46.6 Å². The van der Waals surface area contributed by atoms with Crippen molar-refractivity contribution in [3.8, 4) is 0 Å². The van der Waals surface area contributed by atoms with Gasteiger partial charge in [-0.3, -0.25) is 9.69 Å². The normalized spacial score (nSPS) is 22.0. The van der Waals surface area contributed by atoms with E-state index in [4.69, 9.17) is 4.74 Å². The van der Waals surface area contributed by atoms with Crippen LogP contribution in [0.2, 0.25) is 0 Å². The third-order valence-electron chi connectivity index (χ3n) is 4.15. The van der Waals surface area contributed by atoms with Crippen molar-refractivity contribution in [1.29, 1.82) is 0 Å². The van der Waals surface area contributed by atoms with Gasteiger partial charge in [0.05, 0.1) is 0 Å². The summed E-state index contributed by atoms with van der Waals surface area (Å²) in [4.78, 5) is 14.4. The molecule has 0 aliphatic carbocycles. The summed E-state index contributed by atoms with van der Waals surface area (Å²) in [5, 5.41) is 0. The van der Waals surface area contributed by atoms with Crippen molar-refractivity contribution in [3.63, 3.8) is 0 Å². The third-order valence-corrected chi connectivity index (χ3v) is 4.15. The van der Waals surface area contributed by atoms with Gasteiger partial charge in [-0.1, -0.05) is 27.2 Å². The first kappa shape index (κ1) is 17.6. The highest BCUT2D eigenvalue weighted by molar-refractivity contribution is 5.84. The molecule has 0 N–H and O–H groups in total. The van der Waals surface area contributed by atoms with Crippen molar-refractivity contribution in [1.82, 2.24) is 4.90 Å². The van der Waals surface area contributed by atoms with E-state index in [0.717, 1.165) is 6.42 Å². The van der Waals surface area contributed by atoms with E-state index in [9.17, 15) is 4.79 Å². The van der Waals surface area contributed by atoms with Crippen LogP contribution in [0.4, 0.5) is 0 Å². The maximum absolute atomic E-state index is 11.8. The molecule has 1 saturated heterocycles. The lowest BCUT2D eigenvalue weighted by molar-refractivity contribution is -0.131. The summed E-state index contributed by atoms with van der Waals surface area (Å²) in [7, 11) is 0. The van der Waals surface area contributed by atoms with E-state index < -0.39 is 0 Å². The fourth-order valence-corrected chi connectivity index (χ4v) is 2.78. The summed E-state index contributed by atoms with van der Waals surface area (Å²) in [5.74, 6) is 0.189. The Balaban J connectivity index is 2.35. The average molecular weight is 283 g/mol. The highest BCUT2D eigenvalue weighted by Crippen LogP contribution is 2.27. The summed E-state index contributed by atoms with van der Waals surface area (Å²) in [5.41, 5.74) is -0.0609. The molecular weight excluding hydrogens is 250 g/mol. The molecule has 3 heteroatoms. The quantitative estimate of drug-likeness (QED) is 0.721. The SMILES string of the molecule is CC(C)(C)C(=O)COCCC1CCCCN1C(C)(C)C. The Hall–Kier alpha value is -0.410. The van der Waals surface area contributed by atoms with Crippen LogP contribution in [-0.4, -0.2) is 42.0 Å². The molecule has 0 aromatic rings. The molecule has 0 bridgehead atoms. The standard InChI is InChI=1S/C17H33NO2/c1-16(2,3)15(19)13-20-12-10-14-9-7-8-11-18(14)17(4,5)6/h14H,7-13H2,1-6H3. The average Bonchev–Trinajstić information content (AvgIpc) is 2.32. The van der Waals surface area contributed by atoms with Gasteiger partial charge in [-0.15, -0.1) is 0 Å². The second-order valence-corrected chi connectivity index (χ2v) is 8.03. The molecule has 1 aliphatic heterocycles. The van der Waals surface area contributed by atoms with Crippen LogP contribution in [0.3, 0.4) is 0 Å². The molecule has 1 atom stereocenters. The second-order valence-electron chi connectivity index (χ2n) is 8.03. The maximum Gasteiger partial charge on any atom is 0.163 e. The lowest BCUT2D eigenvalue weighted by atomic mass is 9.91. The zero-order valence-corrected chi connectivity index (χ0v) is 14.3. The predicted molar refractivity (Wildman–Crippen MR) is 84.0 cm³/mol. The van der Waals surface area contributed by atoms with Gasteiger partial charge in [0.2, 0.25) is 0 Å². The van der Waals surface area contributed by atoms with Gasteiger partial charge in [-0.2, -0.15) is 0 Å². The van der Waals surface area contributed by atoms with E-state index in [2.05, 4.69) is 25.7 Å². The number of ether oxygens (including phenoxy) is 1. The van der Waals surface area contributed by atoms with Crippen molar-refractivity contribution in [2.75, 3.05) is 19.8 Å². The first-order valence-corrected chi connectivity index (χ1v) is 8.00. The monoisotopic (exact) mass is 283 g/mol. The summed E-state index contributed by atoms with van der Waals surface area (Å²) < 4.78 is 5.61. The van der Waals surface area contributed by atoms with E-state index in [0.29, 0.717) is 12.6 Å². The van der Waals surface area contributed by atoms with Crippen molar-refractivity contribution in [3.05, 3.63) is 0 Å². The van der Waals surface area contributed by atoms with Crippen LogP contribution >= 0.6 is 0 Å². The Bertz CT molecular complexity index is 312. The second kappa shape index (κ2) is 7.04. The third kappa shape index (κ3) is 5.53. The molecule has 0 amide bonds.